The van der Waals surface area contributed by atoms with Gasteiger partial charge < -0.3 is 14.4 Å². The first-order chi connectivity index (χ1) is 15.1. The summed E-state index contributed by atoms with van der Waals surface area (Å²) in [5, 5.41) is 0.572. The van der Waals surface area contributed by atoms with Crippen molar-refractivity contribution in [2.24, 2.45) is 0 Å². The molecule has 3 rings (SSSR count). The molecule has 1 aliphatic carbocycles. The minimum atomic E-state index is -0.164. The van der Waals surface area contributed by atoms with Gasteiger partial charge in [0.15, 0.2) is 0 Å². The Morgan fingerprint density at radius 1 is 1.13 bits per heavy atom. The van der Waals surface area contributed by atoms with E-state index >= 15 is 0 Å². The third-order valence-corrected chi connectivity index (χ3v) is 5.20. The summed E-state index contributed by atoms with van der Waals surface area (Å²) in [6, 6.07) is 6.79. The van der Waals surface area contributed by atoms with Crippen molar-refractivity contribution in [3.05, 3.63) is 87.8 Å². The highest BCUT2D eigenvalue weighted by molar-refractivity contribution is 6.30. The van der Waals surface area contributed by atoms with Crippen LogP contribution in [0.2, 0.25) is 5.02 Å². The maximum Gasteiger partial charge on any atom is 0.258 e. The van der Waals surface area contributed by atoms with Crippen LogP contribution in [0.1, 0.15) is 26.0 Å². The van der Waals surface area contributed by atoms with E-state index in [2.05, 4.69) is 23.7 Å². The second-order valence-corrected chi connectivity index (χ2v) is 7.44. The molecule has 0 saturated carbocycles. The van der Waals surface area contributed by atoms with Crippen LogP contribution in [-0.2, 0) is 11.3 Å². The molecule has 0 aromatic carbocycles. The van der Waals surface area contributed by atoms with Gasteiger partial charge in [0.1, 0.15) is 24.7 Å². The molecule has 2 heterocycles. The van der Waals surface area contributed by atoms with Crippen LogP contribution in [0.5, 0.6) is 5.75 Å². The van der Waals surface area contributed by atoms with Gasteiger partial charge in [0.2, 0.25) is 0 Å². The first kappa shape index (κ1) is 22.8. The highest BCUT2D eigenvalue weighted by Crippen LogP contribution is 2.16. The number of ether oxygens (including phenoxy) is 2. The van der Waals surface area contributed by atoms with Gasteiger partial charge in [-0.3, -0.25) is 14.3 Å². The summed E-state index contributed by atoms with van der Waals surface area (Å²) in [5.41, 5.74) is 1.38. The summed E-state index contributed by atoms with van der Waals surface area (Å²) in [6.45, 7) is 8.12. The van der Waals surface area contributed by atoms with Crippen molar-refractivity contribution < 1.29 is 9.47 Å². The molecule has 31 heavy (non-hydrogen) atoms. The first-order valence-corrected chi connectivity index (χ1v) is 10.9. The third-order valence-electron chi connectivity index (χ3n) is 4.98. The quantitative estimate of drug-likeness (QED) is 0.542. The standard InChI is InChI=1S/C24H28ClN3O3/c1-3-27(4-2)14-15-30-22-7-5-6-21(10-11-22)28-13-12-23(16-24(28)29)31-18-20-9-8-19(25)17-26-20/h6-13,16-17H,3-5,14-15,18H2,1-2H3. The lowest BCUT2D eigenvalue weighted by molar-refractivity contribution is 0.171. The number of likely N-dealkylation sites (N-methyl/N-ethyl adjacent to an activating group) is 1. The smallest absolute Gasteiger partial charge is 0.258 e. The van der Waals surface area contributed by atoms with Gasteiger partial charge in [0.25, 0.3) is 5.56 Å². The van der Waals surface area contributed by atoms with Gasteiger partial charge in [-0.25, -0.2) is 0 Å². The molecular formula is C24H28ClN3O3. The summed E-state index contributed by atoms with van der Waals surface area (Å²) in [7, 11) is 0. The fourth-order valence-corrected chi connectivity index (χ4v) is 3.24. The second kappa shape index (κ2) is 11.5. The summed E-state index contributed by atoms with van der Waals surface area (Å²) >= 11 is 5.84. The number of hydrogen-bond donors (Lipinski definition) is 0. The van der Waals surface area contributed by atoms with E-state index in [1.807, 2.05) is 24.3 Å². The van der Waals surface area contributed by atoms with Crippen LogP contribution in [0.3, 0.4) is 0 Å². The zero-order valence-corrected chi connectivity index (χ0v) is 18.7. The van der Waals surface area contributed by atoms with Crippen molar-refractivity contribution in [2.75, 3.05) is 26.2 Å². The Balaban J connectivity index is 1.58. The fourth-order valence-electron chi connectivity index (χ4n) is 3.13. The van der Waals surface area contributed by atoms with Crippen LogP contribution in [0.15, 0.2) is 71.5 Å². The Labute approximate surface area is 188 Å². The third kappa shape index (κ3) is 6.84. The van der Waals surface area contributed by atoms with Gasteiger partial charge >= 0.3 is 0 Å². The Morgan fingerprint density at radius 2 is 1.97 bits per heavy atom. The molecule has 0 N–H and O–H groups in total. The number of halogens is 1. The number of nitrogens with zero attached hydrogens (tertiary/aromatic N) is 3. The van der Waals surface area contributed by atoms with Crippen molar-refractivity contribution in [3.63, 3.8) is 0 Å². The molecule has 0 bridgehead atoms. The molecule has 0 spiro atoms. The number of aromatic nitrogens is 2. The largest absolute Gasteiger partial charge is 0.493 e. The van der Waals surface area contributed by atoms with E-state index in [1.165, 1.54) is 6.07 Å². The van der Waals surface area contributed by atoms with E-state index in [4.69, 9.17) is 21.1 Å². The predicted molar refractivity (Wildman–Crippen MR) is 124 cm³/mol. The molecule has 164 valence electrons. The fraction of sp³-hybridized carbons (Fsp3) is 0.333. The molecule has 0 atom stereocenters. The zero-order chi connectivity index (χ0) is 22.1. The second-order valence-electron chi connectivity index (χ2n) is 7.01. The zero-order valence-electron chi connectivity index (χ0n) is 18.0. The van der Waals surface area contributed by atoms with Gasteiger partial charge in [-0.05, 0) is 55.9 Å². The summed E-state index contributed by atoms with van der Waals surface area (Å²) < 4.78 is 13.2. The number of allylic oxidation sites excluding steroid dienone is 5. The molecule has 2 aromatic rings. The van der Waals surface area contributed by atoms with Crippen molar-refractivity contribution in [1.82, 2.24) is 14.5 Å². The summed E-state index contributed by atoms with van der Waals surface area (Å²) in [4.78, 5) is 19.1. The molecule has 0 fully saturated rings. The van der Waals surface area contributed by atoms with Crippen molar-refractivity contribution >= 4 is 17.3 Å². The van der Waals surface area contributed by atoms with Crippen LogP contribution in [0, 0.1) is 0 Å². The highest BCUT2D eigenvalue weighted by Gasteiger charge is 2.07. The maximum atomic E-state index is 12.6. The molecule has 7 heteroatoms. The van der Waals surface area contributed by atoms with E-state index in [9.17, 15) is 4.79 Å². The number of rotatable bonds is 10. The van der Waals surface area contributed by atoms with Crippen LogP contribution >= 0.6 is 11.6 Å². The molecule has 6 nitrogen and oxygen atoms in total. The van der Waals surface area contributed by atoms with Crippen LogP contribution in [0.25, 0.3) is 5.70 Å². The molecule has 1 aliphatic rings. The monoisotopic (exact) mass is 441 g/mol. The Bertz CT molecular complexity index is 1010. The van der Waals surface area contributed by atoms with Crippen LogP contribution in [-0.4, -0.2) is 40.7 Å². The van der Waals surface area contributed by atoms with E-state index in [1.54, 1.807) is 35.2 Å². The van der Waals surface area contributed by atoms with Crippen molar-refractivity contribution in [3.8, 4) is 5.75 Å². The minimum absolute atomic E-state index is 0.164. The molecule has 0 amide bonds. The van der Waals surface area contributed by atoms with Gasteiger partial charge in [-0.15, -0.1) is 0 Å². The van der Waals surface area contributed by atoms with E-state index < -0.39 is 0 Å². The van der Waals surface area contributed by atoms with E-state index in [0.29, 0.717) is 23.8 Å². The van der Waals surface area contributed by atoms with E-state index in [-0.39, 0.29) is 12.2 Å². The molecule has 0 aliphatic heterocycles. The normalized spacial score (nSPS) is 13.5. The average Bonchev–Trinajstić information content (AvgIpc) is 3.02. The number of pyridine rings is 2. The Morgan fingerprint density at radius 3 is 2.68 bits per heavy atom. The van der Waals surface area contributed by atoms with E-state index in [0.717, 1.165) is 36.8 Å². The summed E-state index contributed by atoms with van der Waals surface area (Å²) in [5.74, 6) is 1.32. The number of hydrogen-bond acceptors (Lipinski definition) is 5. The first-order valence-electron chi connectivity index (χ1n) is 10.5. The van der Waals surface area contributed by atoms with Crippen molar-refractivity contribution in [2.45, 2.75) is 26.9 Å². The van der Waals surface area contributed by atoms with Gasteiger partial charge in [0.05, 0.1) is 10.7 Å². The molecular weight excluding hydrogens is 414 g/mol. The van der Waals surface area contributed by atoms with Gasteiger partial charge in [-0.1, -0.05) is 31.5 Å². The van der Waals surface area contributed by atoms with Gasteiger partial charge in [-0.2, -0.15) is 0 Å². The molecule has 2 aromatic heterocycles. The summed E-state index contributed by atoms with van der Waals surface area (Å²) in [6.07, 6.45) is 11.8. The SMILES string of the molecule is CCN(CC)CCOC1=CCC=C(n2ccc(OCc3ccc(Cl)cn3)cc2=O)C=C1. The minimum Gasteiger partial charge on any atom is -0.493 e. The van der Waals surface area contributed by atoms with Crippen LogP contribution < -0.4 is 10.3 Å². The van der Waals surface area contributed by atoms with Crippen LogP contribution in [0.4, 0.5) is 0 Å². The average molecular weight is 442 g/mol. The Hall–Kier alpha value is -2.83. The van der Waals surface area contributed by atoms with Crippen molar-refractivity contribution in [1.29, 1.82) is 0 Å². The lowest BCUT2D eigenvalue weighted by Gasteiger charge is -2.18. The van der Waals surface area contributed by atoms with Gasteiger partial charge in [0, 0.05) is 30.7 Å². The lowest BCUT2D eigenvalue weighted by Crippen LogP contribution is -2.26. The molecule has 0 unspecified atom stereocenters. The topological polar surface area (TPSA) is 56.6 Å². The Kier molecular flexibility index (Phi) is 8.50. The lowest BCUT2D eigenvalue weighted by atomic mass is 10.3. The highest BCUT2D eigenvalue weighted by atomic mass is 35.5. The maximum absolute atomic E-state index is 12.6. The molecule has 0 radical (unpaired) electrons. The predicted octanol–water partition coefficient (Wildman–Crippen LogP) is 4.52. The molecule has 0 saturated heterocycles.